The fourth-order valence-corrected chi connectivity index (χ4v) is 3.30. The van der Waals surface area contributed by atoms with Gasteiger partial charge in [0.2, 0.25) is 0 Å². The second-order valence-electron chi connectivity index (χ2n) is 7.63. The van der Waals surface area contributed by atoms with Gasteiger partial charge in [0.05, 0.1) is 0 Å². The standard InChI is InChI=1S/C21H24F2N2O2/c1-21(2,3)27-20(26)24-12-6-11-19(24)25(17-9-4-7-15(22)13-17)18-10-5-8-16(23)14-18/h4-5,7-10,13-14,19H,6,11-12H2,1-3H3. The van der Waals surface area contributed by atoms with Crippen LogP contribution in [0.4, 0.5) is 25.0 Å². The van der Waals surface area contributed by atoms with Crippen molar-refractivity contribution in [3.8, 4) is 0 Å². The molecule has 1 aliphatic heterocycles. The average Bonchev–Trinajstić information content (AvgIpc) is 3.03. The lowest BCUT2D eigenvalue weighted by atomic mass is 10.2. The van der Waals surface area contributed by atoms with Crippen molar-refractivity contribution in [1.82, 2.24) is 4.90 Å². The number of nitrogens with zero attached hydrogens (tertiary/aromatic N) is 2. The van der Waals surface area contributed by atoms with E-state index in [-0.39, 0.29) is 6.17 Å². The maximum atomic E-state index is 13.9. The lowest BCUT2D eigenvalue weighted by Crippen LogP contribution is -2.47. The molecule has 0 bridgehead atoms. The van der Waals surface area contributed by atoms with E-state index in [0.717, 1.165) is 6.42 Å². The monoisotopic (exact) mass is 374 g/mol. The smallest absolute Gasteiger partial charge is 0.411 e. The van der Waals surface area contributed by atoms with Crippen LogP contribution in [0.2, 0.25) is 0 Å². The lowest BCUT2D eigenvalue weighted by Gasteiger charge is -2.37. The zero-order chi connectivity index (χ0) is 19.6. The van der Waals surface area contributed by atoms with Crippen LogP contribution < -0.4 is 4.90 Å². The predicted octanol–water partition coefficient (Wildman–Crippen LogP) is 5.46. The van der Waals surface area contributed by atoms with E-state index in [2.05, 4.69) is 0 Å². The van der Waals surface area contributed by atoms with Gasteiger partial charge in [-0.1, -0.05) is 12.1 Å². The number of carbonyl (C=O) groups is 1. The van der Waals surface area contributed by atoms with Crippen molar-refractivity contribution in [2.24, 2.45) is 0 Å². The predicted molar refractivity (Wildman–Crippen MR) is 101 cm³/mol. The van der Waals surface area contributed by atoms with Gasteiger partial charge in [-0.15, -0.1) is 0 Å². The summed E-state index contributed by atoms with van der Waals surface area (Å²) in [5.41, 5.74) is 0.495. The van der Waals surface area contributed by atoms with Gasteiger partial charge < -0.3 is 9.64 Å². The molecule has 0 aromatic heterocycles. The zero-order valence-corrected chi connectivity index (χ0v) is 15.8. The highest BCUT2D eigenvalue weighted by atomic mass is 19.1. The minimum atomic E-state index is -0.618. The minimum Gasteiger partial charge on any atom is -0.444 e. The van der Waals surface area contributed by atoms with Crippen molar-refractivity contribution >= 4 is 17.5 Å². The second kappa shape index (κ2) is 7.55. The number of amides is 1. The Hall–Kier alpha value is -2.63. The van der Waals surface area contributed by atoms with Gasteiger partial charge in [-0.3, -0.25) is 4.90 Å². The second-order valence-corrected chi connectivity index (χ2v) is 7.63. The Morgan fingerprint density at radius 1 is 1.07 bits per heavy atom. The van der Waals surface area contributed by atoms with E-state index in [0.29, 0.717) is 24.3 Å². The van der Waals surface area contributed by atoms with Crippen LogP contribution in [0.15, 0.2) is 48.5 Å². The van der Waals surface area contributed by atoms with Crippen LogP contribution in [0.5, 0.6) is 0 Å². The first-order chi connectivity index (χ1) is 12.7. The molecule has 1 saturated heterocycles. The van der Waals surface area contributed by atoms with Gasteiger partial charge in [-0.05, 0) is 70.0 Å². The number of benzene rings is 2. The highest BCUT2D eigenvalue weighted by Gasteiger charge is 2.37. The third-order valence-electron chi connectivity index (χ3n) is 4.32. The number of hydrogen-bond acceptors (Lipinski definition) is 3. The molecule has 0 saturated carbocycles. The first-order valence-corrected chi connectivity index (χ1v) is 9.04. The molecule has 0 spiro atoms. The summed E-state index contributed by atoms with van der Waals surface area (Å²) in [4.78, 5) is 16.1. The molecule has 1 heterocycles. The molecule has 2 aromatic rings. The first kappa shape index (κ1) is 19.1. The van der Waals surface area contributed by atoms with Crippen molar-refractivity contribution in [1.29, 1.82) is 0 Å². The Balaban J connectivity index is 2.00. The van der Waals surface area contributed by atoms with E-state index in [1.807, 2.05) is 20.8 Å². The van der Waals surface area contributed by atoms with Crippen LogP contribution in [0.1, 0.15) is 33.6 Å². The van der Waals surface area contributed by atoms with Crippen molar-refractivity contribution in [3.05, 3.63) is 60.2 Å². The van der Waals surface area contributed by atoms with Gasteiger partial charge in [-0.2, -0.15) is 0 Å². The molecule has 1 fully saturated rings. The fraction of sp³-hybridized carbons (Fsp3) is 0.381. The number of halogens is 2. The number of rotatable bonds is 3. The molecule has 1 amide bonds. The first-order valence-electron chi connectivity index (χ1n) is 9.04. The summed E-state index contributed by atoms with van der Waals surface area (Å²) < 4.78 is 33.3. The van der Waals surface area contributed by atoms with Gasteiger partial charge in [0.25, 0.3) is 0 Å². The summed E-state index contributed by atoms with van der Waals surface area (Å²) in [6, 6.07) is 12.2. The molecule has 0 N–H and O–H groups in total. The minimum absolute atomic E-state index is 0.386. The summed E-state index contributed by atoms with van der Waals surface area (Å²) in [6.07, 6.45) is 0.642. The molecular weight excluding hydrogens is 350 g/mol. The number of ether oxygens (including phenoxy) is 1. The van der Waals surface area contributed by atoms with Gasteiger partial charge in [-0.25, -0.2) is 13.6 Å². The van der Waals surface area contributed by atoms with Gasteiger partial charge >= 0.3 is 6.09 Å². The number of anilines is 2. The van der Waals surface area contributed by atoms with Crippen molar-refractivity contribution in [2.75, 3.05) is 11.4 Å². The number of likely N-dealkylation sites (tertiary alicyclic amines) is 1. The van der Waals surface area contributed by atoms with Crippen molar-refractivity contribution in [2.45, 2.75) is 45.4 Å². The maximum absolute atomic E-state index is 13.9. The topological polar surface area (TPSA) is 32.8 Å². The summed E-state index contributed by atoms with van der Waals surface area (Å²) >= 11 is 0. The van der Waals surface area contributed by atoms with Crippen molar-refractivity contribution in [3.63, 3.8) is 0 Å². The fourth-order valence-electron chi connectivity index (χ4n) is 3.30. The molecule has 6 heteroatoms. The Morgan fingerprint density at radius 2 is 1.63 bits per heavy atom. The van der Waals surface area contributed by atoms with Crippen LogP contribution >= 0.6 is 0 Å². The maximum Gasteiger partial charge on any atom is 0.411 e. The Bertz CT molecular complexity index is 774. The third kappa shape index (κ3) is 4.56. The molecule has 0 aliphatic carbocycles. The molecular formula is C21H24F2N2O2. The lowest BCUT2D eigenvalue weighted by molar-refractivity contribution is 0.0231. The van der Waals surface area contributed by atoms with E-state index in [1.165, 1.54) is 24.3 Å². The normalized spacial score (nSPS) is 17.1. The molecule has 27 heavy (non-hydrogen) atoms. The molecule has 1 atom stereocenters. The molecule has 1 aliphatic rings. The average molecular weight is 374 g/mol. The molecule has 0 radical (unpaired) electrons. The third-order valence-corrected chi connectivity index (χ3v) is 4.32. The number of carbonyl (C=O) groups excluding carboxylic acids is 1. The van der Waals surface area contributed by atoms with E-state index in [1.54, 1.807) is 34.1 Å². The highest BCUT2D eigenvalue weighted by molar-refractivity contribution is 5.72. The highest BCUT2D eigenvalue weighted by Crippen LogP contribution is 2.35. The quantitative estimate of drug-likeness (QED) is 0.715. The molecule has 3 rings (SSSR count). The molecule has 1 unspecified atom stereocenters. The summed E-state index contributed by atoms with van der Waals surface area (Å²) in [6.45, 7) is 5.97. The summed E-state index contributed by atoms with van der Waals surface area (Å²) in [7, 11) is 0. The summed E-state index contributed by atoms with van der Waals surface area (Å²) in [5.74, 6) is -0.786. The van der Waals surface area contributed by atoms with Crippen molar-refractivity contribution < 1.29 is 18.3 Å². The number of hydrogen-bond donors (Lipinski definition) is 0. The van der Waals surface area contributed by atoms with E-state index in [9.17, 15) is 13.6 Å². The Morgan fingerprint density at radius 3 is 2.11 bits per heavy atom. The molecule has 4 nitrogen and oxygen atoms in total. The summed E-state index contributed by atoms with van der Waals surface area (Å²) in [5, 5.41) is 0. The Labute approximate surface area is 158 Å². The van der Waals surface area contributed by atoms with Crippen LogP contribution in [-0.2, 0) is 4.74 Å². The van der Waals surface area contributed by atoms with Crippen LogP contribution in [-0.4, -0.2) is 29.3 Å². The van der Waals surface area contributed by atoms with E-state index >= 15 is 0 Å². The molecule has 2 aromatic carbocycles. The van der Waals surface area contributed by atoms with Crippen LogP contribution in [0.3, 0.4) is 0 Å². The molecule has 144 valence electrons. The van der Waals surface area contributed by atoms with Gasteiger partial charge in [0.15, 0.2) is 0 Å². The van der Waals surface area contributed by atoms with Crippen LogP contribution in [0.25, 0.3) is 0 Å². The zero-order valence-electron chi connectivity index (χ0n) is 15.8. The van der Waals surface area contributed by atoms with E-state index < -0.39 is 23.3 Å². The van der Waals surface area contributed by atoms with Gasteiger partial charge in [0.1, 0.15) is 23.4 Å². The van der Waals surface area contributed by atoms with Gasteiger partial charge in [0, 0.05) is 17.9 Å². The largest absolute Gasteiger partial charge is 0.444 e. The SMILES string of the molecule is CC(C)(C)OC(=O)N1CCCC1N(c1cccc(F)c1)c1cccc(F)c1. The van der Waals surface area contributed by atoms with Crippen LogP contribution in [0, 0.1) is 11.6 Å². The van der Waals surface area contributed by atoms with E-state index in [4.69, 9.17) is 4.74 Å². The Kier molecular flexibility index (Phi) is 5.35.